The number of benzene rings is 1. The quantitative estimate of drug-likeness (QED) is 0.487. The Morgan fingerprint density at radius 1 is 1.21 bits per heavy atom. The lowest BCUT2D eigenvalue weighted by molar-refractivity contribution is -0.389. The fourth-order valence-electron chi connectivity index (χ4n) is 1.63. The van der Waals surface area contributed by atoms with Crippen molar-refractivity contribution < 1.29 is 4.92 Å². The Balaban J connectivity index is 1.85. The van der Waals surface area contributed by atoms with E-state index in [0.717, 1.165) is 24.3 Å². The number of nitrogens with zero attached hydrogens (tertiary/aromatic N) is 2. The molecule has 1 aromatic carbocycles. The maximum absolute atomic E-state index is 10.5. The molecule has 0 aliphatic rings. The van der Waals surface area contributed by atoms with Crippen molar-refractivity contribution in [2.45, 2.75) is 6.42 Å². The van der Waals surface area contributed by atoms with Crippen LogP contribution >= 0.6 is 0 Å². The van der Waals surface area contributed by atoms with Crippen molar-refractivity contribution in [2.75, 3.05) is 17.6 Å². The molecule has 3 N–H and O–H groups in total. The zero-order valence-corrected chi connectivity index (χ0v) is 10.2. The van der Waals surface area contributed by atoms with E-state index < -0.39 is 4.92 Å². The fourth-order valence-corrected chi connectivity index (χ4v) is 1.63. The maximum atomic E-state index is 10.5. The smallest absolute Gasteiger partial charge is 0.363 e. The summed E-state index contributed by atoms with van der Waals surface area (Å²) in [5, 5.41) is 13.6. The molecule has 98 valence electrons. The van der Waals surface area contributed by atoms with Gasteiger partial charge in [0.15, 0.2) is 6.20 Å². The van der Waals surface area contributed by atoms with Crippen LogP contribution in [0, 0.1) is 10.1 Å². The minimum absolute atomic E-state index is 0.149. The molecule has 6 heteroatoms. The van der Waals surface area contributed by atoms with Gasteiger partial charge in [-0.1, -0.05) is 12.1 Å². The molecule has 0 spiro atoms. The predicted molar refractivity (Wildman–Crippen MR) is 73.9 cm³/mol. The zero-order valence-electron chi connectivity index (χ0n) is 10.2. The molecule has 0 atom stereocenters. The highest BCUT2D eigenvalue weighted by atomic mass is 16.6. The van der Waals surface area contributed by atoms with Gasteiger partial charge < -0.3 is 21.2 Å². The van der Waals surface area contributed by atoms with Crippen LogP contribution in [0.1, 0.15) is 5.56 Å². The predicted octanol–water partition coefficient (Wildman–Crippen LogP) is 2.23. The monoisotopic (exact) mass is 258 g/mol. The molecule has 0 fully saturated rings. The minimum atomic E-state index is -0.516. The summed E-state index contributed by atoms with van der Waals surface area (Å²) < 4.78 is 0. The molecule has 0 bridgehead atoms. The number of rotatable bonds is 5. The second-order valence-electron chi connectivity index (χ2n) is 4.08. The summed E-state index contributed by atoms with van der Waals surface area (Å²) in [4.78, 5) is 13.7. The van der Waals surface area contributed by atoms with Crippen molar-refractivity contribution in [2.24, 2.45) is 0 Å². The van der Waals surface area contributed by atoms with Crippen molar-refractivity contribution in [1.82, 2.24) is 4.98 Å². The van der Waals surface area contributed by atoms with Gasteiger partial charge in [-0.15, -0.1) is 0 Å². The van der Waals surface area contributed by atoms with Crippen LogP contribution in [0.25, 0.3) is 0 Å². The summed E-state index contributed by atoms with van der Waals surface area (Å²) in [6.07, 6.45) is 2.30. The largest absolute Gasteiger partial charge is 0.399 e. The van der Waals surface area contributed by atoms with Gasteiger partial charge in [0, 0.05) is 18.3 Å². The molecule has 1 aromatic heterocycles. The lowest BCUT2D eigenvalue weighted by Crippen LogP contribution is -2.05. The highest BCUT2D eigenvalue weighted by Gasteiger charge is 2.05. The Bertz CT molecular complexity index is 552. The van der Waals surface area contributed by atoms with Crippen LogP contribution < -0.4 is 11.1 Å². The molecule has 0 unspecified atom stereocenters. The highest BCUT2D eigenvalue weighted by Crippen LogP contribution is 2.12. The van der Waals surface area contributed by atoms with Crippen molar-refractivity contribution >= 4 is 17.2 Å². The summed E-state index contributed by atoms with van der Waals surface area (Å²) in [5.41, 5.74) is 8.29. The zero-order chi connectivity index (χ0) is 13.7. The highest BCUT2D eigenvalue weighted by molar-refractivity contribution is 5.44. The molecule has 0 saturated carbocycles. The number of hydrogen-bond donors (Lipinski definition) is 2. The summed E-state index contributed by atoms with van der Waals surface area (Å²) in [6.45, 7) is 0.726. The van der Waals surface area contributed by atoms with Crippen molar-refractivity contribution in [3.8, 4) is 0 Å². The van der Waals surface area contributed by atoms with E-state index in [1.54, 1.807) is 6.07 Å². The van der Waals surface area contributed by atoms with Crippen molar-refractivity contribution in [3.63, 3.8) is 0 Å². The number of pyridine rings is 1. The Morgan fingerprint density at radius 2 is 1.95 bits per heavy atom. The van der Waals surface area contributed by atoms with E-state index in [9.17, 15) is 10.1 Å². The van der Waals surface area contributed by atoms with E-state index in [-0.39, 0.29) is 5.82 Å². The molecule has 2 aromatic rings. The number of nitro groups is 1. The molecule has 0 amide bonds. The van der Waals surface area contributed by atoms with Crippen LogP contribution in [-0.4, -0.2) is 16.5 Å². The first-order chi connectivity index (χ1) is 9.15. The number of aromatic nitrogens is 1. The average Bonchev–Trinajstić information content (AvgIpc) is 2.41. The van der Waals surface area contributed by atoms with Gasteiger partial charge in [-0.05, 0) is 40.1 Å². The van der Waals surface area contributed by atoms with E-state index in [4.69, 9.17) is 5.73 Å². The third kappa shape index (κ3) is 3.67. The van der Waals surface area contributed by atoms with Crippen LogP contribution in [-0.2, 0) is 6.42 Å². The number of nitrogens with two attached hydrogens (primary N) is 1. The standard InChI is InChI=1S/C13H14N4O2/c14-11-3-1-10(2-4-11)7-8-15-12-5-6-13(16-9-12)17(18)19/h1-6,9,15H,7-8,14H2. The summed E-state index contributed by atoms with van der Waals surface area (Å²) >= 11 is 0. The first-order valence-corrected chi connectivity index (χ1v) is 5.84. The molecule has 0 aliphatic carbocycles. The second kappa shape index (κ2) is 5.81. The lowest BCUT2D eigenvalue weighted by atomic mass is 10.1. The number of nitrogen functional groups attached to an aromatic ring is 1. The van der Waals surface area contributed by atoms with Gasteiger partial charge in [-0.25, -0.2) is 0 Å². The van der Waals surface area contributed by atoms with Gasteiger partial charge in [-0.2, -0.15) is 0 Å². The Morgan fingerprint density at radius 3 is 2.53 bits per heavy atom. The molecule has 0 saturated heterocycles. The minimum Gasteiger partial charge on any atom is -0.399 e. The molecule has 19 heavy (non-hydrogen) atoms. The van der Waals surface area contributed by atoms with Gasteiger partial charge in [0.05, 0.1) is 5.69 Å². The van der Waals surface area contributed by atoms with Gasteiger partial charge in [0.1, 0.15) is 0 Å². The van der Waals surface area contributed by atoms with E-state index in [1.807, 2.05) is 24.3 Å². The summed E-state index contributed by atoms with van der Waals surface area (Å²) in [6, 6.07) is 10.7. The number of anilines is 2. The molecular weight excluding hydrogens is 244 g/mol. The third-order valence-corrected chi connectivity index (χ3v) is 2.66. The first-order valence-electron chi connectivity index (χ1n) is 5.84. The molecule has 0 aliphatic heterocycles. The Labute approximate surface area is 110 Å². The van der Waals surface area contributed by atoms with Crippen LogP contribution in [0.5, 0.6) is 0 Å². The third-order valence-electron chi connectivity index (χ3n) is 2.66. The topological polar surface area (TPSA) is 94.1 Å². The number of hydrogen-bond acceptors (Lipinski definition) is 5. The summed E-state index contributed by atoms with van der Waals surface area (Å²) in [5.74, 6) is -0.149. The number of nitrogens with one attached hydrogen (secondary N) is 1. The van der Waals surface area contributed by atoms with E-state index in [2.05, 4.69) is 10.3 Å². The molecule has 2 rings (SSSR count). The molecular formula is C13H14N4O2. The van der Waals surface area contributed by atoms with Crippen LogP contribution in [0.2, 0.25) is 0 Å². The van der Waals surface area contributed by atoms with Gasteiger partial charge in [0.25, 0.3) is 0 Å². The van der Waals surface area contributed by atoms with Gasteiger partial charge in [-0.3, -0.25) is 0 Å². The van der Waals surface area contributed by atoms with Gasteiger partial charge in [0.2, 0.25) is 0 Å². The molecule has 1 heterocycles. The van der Waals surface area contributed by atoms with Crippen LogP contribution in [0.4, 0.5) is 17.2 Å². The van der Waals surface area contributed by atoms with Crippen LogP contribution in [0.3, 0.4) is 0 Å². The SMILES string of the molecule is Nc1ccc(CCNc2ccc([N+](=O)[O-])nc2)cc1. The fraction of sp³-hybridized carbons (Fsp3) is 0.154. The van der Waals surface area contributed by atoms with E-state index in [1.165, 1.54) is 17.8 Å². The molecule has 6 nitrogen and oxygen atoms in total. The van der Waals surface area contributed by atoms with E-state index >= 15 is 0 Å². The van der Waals surface area contributed by atoms with Crippen molar-refractivity contribution in [1.29, 1.82) is 0 Å². The lowest BCUT2D eigenvalue weighted by Gasteiger charge is -2.05. The Hall–Kier alpha value is -2.63. The molecule has 0 radical (unpaired) electrons. The second-order valence-corrected chi connectivity index (χ2v) is 4.08. The van der Waals surface area contributed by atoms with E-state index in [0.29, 0.717) is 0 Å². The summed E-state index contributed by atoms with van der Waals surface area (Å²) in [7, 11) is 0. The van der Waals surface area contributed by atoms with Crippen molar-refractivity contribution in [3.05, 3.63) is 58.3 Å². The normalized spacial score (nSPS) is 10.1. The average molecular weight is 258 g/mol. The van der Waals surface area contributed by atoms with Gasteiger partial charge >= 0.3 is 5.82 Å². The first kappa shape index (κ1) is 12.8. The Kier molecular flexibility index (Phi) is 3.92. The van der Waals surface area contributed by atoms with Crippen LogP contribution in [0.15, 0.2) is 42.6 Å². The maximum Gasteiger partial charge on any atom is 0.363 e.